The molecule has 2 atom stereocenters. The number of hydrogen-bond acceptors (Lipinski definition) is 2. The first-order valence-electron chi connectivity index (χ1n) is 5.21. The molecule has 2 unspecified atom stereocenters. The first-order chi connectivity index (χ1) is 6.40. The molecule has 0 saturated heterocycles. The van der Waals surface area contributed by atoms with E-state index in [2.05, 4.69) is 5.32 Å². The second-order valence-corrected chi connectivity index (χ2v) is 4.14. The highest BCUT2D eigenvalue weighted by atomic mass is 16.2. The van der Waals surface area contributed by atoms with Gasteiger partial charge < -0.3 is 5.32 Å². The van der Waals surface area contributed by atoms with E-state index in [1.54, 1.807) is 0 Å². The number of ketones is 1. The number of Topliss-reactive ketones (excluding diaryl/α,β-unsaturated/α-hetero) is 1. The van der Waals surface area contributed by atoms with Gasteiger partial charge in [-0.3, -0.25) is 9.59 Å². The zero-order valence-electron chi connectivity index (χ0n) is 9.76. The van der Waals surface area contributed by atoms with Crippen molar-refractivity contribution in [3.05, 3.63) is 0 Å². The molecule has 0 fully saturated rings. The summed E-state index contributed by atoms with van der Waals surface area (Å²) >= 11 is 0. The molecule has 0 aliphatic heterocycles. The molecule has 0 aromatic carbocycles. The van der Waals surface area contributed by atoms with Gasteiger partial charge in [-0.25, -0.2) is 0 Å². The second-order valence-electron chi connectivity index (χ2n) is 4.14. The molecule has 0 radical (unpaired) electrons. The van der Waals surface area contributed by atoms with Crippen LogP contribution in [0.3, 0.4) is 0 Å². The predicted octanol–water partition coefficient (Wildman–Crippen LogP) is 1.76. The van der Waals surface area contributed by atoms with Gasteiger partial charge >= 0.3 is 0 Å². The quantitative estimate of drug-likeness (QED) is 0.733. The van der Waals surface area contributed by atoms with E-state index < -0.39 is 0 Å². The van der Waals surface area contributed by atoms with Crippen molar-refractivity contribution in [2.24, 2.45) is 11.8 Å². The normalized spacial score (nSPS) is 15.0. The number of nitrogens with one attached hydrogen (secondary N) is 1. The molecule has 0 aliphatic rings. The minimum absolute atomic E-state index is 0.0355. The summed E-state index contributed by atoms with van der Waals surface area (Å²) < 4.78 is 0. The van der Waals surface area contributed by atoms with Crippen LogP contribution in [-0.2, 0) is 9.59 Å². The van der Waals surface area contributed by atoms with Crippen molar-refractivity contribution < 1.29 is 9.59 Å². The summed E-state index contributed by atoms with van der Waals surface area (Å²) in [5, 5.41) is 2.78. The fourth-order valence-electron chi connectivity index (χ4n) is 1.20. The Morgan fingerprint density at radius 2 is 1.71 bits per heavy atom. The van der Waals surface area contributed by atoms with Crippen molar-refractivity contribution in [1.29, 1.82) is 0 Å². The van der Waals surface area contributed by atoms with Crippen molar-refractivity contribution >= 4 is 11.7 Å². The number of amides is 1. The van der Waals surface area contributed by atoms with Crippen molar-refractivity contribution in [3.63, 3.8) is 0 Å². The Hall–Kier alpha value is -0.860. The first kappa shape index (κ1) is 13.1. The van der Waals surface area contributed by atoms with E-state index >= 15 is 0 Å². The molecular weight excluding hydrogens is 178 g/mol. The lowest BCUT2D eigenvalue weighted by Gasteiger charge is -2.22. The third-order valence-corrected chi connectivity index (χ3v) is 2.47. The topological polar surface area (TPSA) is 46.2 Å². The Kier molecular flexibility index (Phi) is 5.43. The molecule has 3 heteroatoms. The minimum atomic E-state index is -0.324. The highest BCUT2D eigenvalue weighted by Crippen LogP contribution is 2.09. The maximum absolute atomic E-state index is 11.4. The van der Waals surface area contributed by atoms with Gasteiger partial charge in [-0.15, -0.1) is 0 Å². The lowest BCUT2D eigenvalue weighted by Crippen LogP contribution is -2.45. The van der Waals surface area contributed by atoms with Crippen LogP contribution >= 0.6 is 0 Å². The smallest absolute Gasteiger partial charge is 0.223 e. The highest BCUT2D eigenvalue weighted by Gasteiger charge is 2.23. The summed E-state index contributed by atoms with van der Waals surface area (Å²) in [5.41, 5.74) is 0. The zero-order valence-corrected chi connectivity index (χ0v) is 9.76. The third-order valence-electron chi connectivity index (χ3n) is 2.47. The van der Waals surface area contributed by atoms with Gasteiger partial charge in [-0.05, 0) is 12.8 Å². The molecule has 0 rings (SSSR count). The molecule has 0 spiro atoms. The molecular formula is C11H21NO2. The maximum atomic E-state index is 11.4. The molecule has 3 nitrogen and oxygen atoms in total. The van der Waals surface area contributed by atoms with E-state index in [0.29, 0.717) is 0 Å². The Bertz CT molecular complexity index is 211. The molecule has 0 aromatic rings. The Labute approximate surface area is 86.3 Å². The maximum Gasteiger partial charge on any atom is 0.223 e. The molecule has 0 saturated carbocycles. The molecule has 1 amide bonds. The van der Waals surface area contributed by atoms with E-state index in [1.807, 2.05) is 27.7 Å². The lowest BCUT2D eigenvalue weighted by atomic mass is 9.95. The van der Waals surface area contributed by atoms with Crippen LogP contribution in [0.15, 0.2) is 0 Å². The van der Waals surface area contributed by atoms with Gasteiger partial charge in [-0.2, -0.15) is 0 Å². The van der Waals surface area contributed by atoms with Crippen molar-refractivity contribution in [2.45, 2.75) is 47.1 Å². The average Bonchev–Trinajstić information content (AvgIpc) is 2.11. The van der Waals surface area contributed by atoms with E-state index in [1.165, 1.54) is 6.92 Å². The van der Waals surface area contributed by atoms with Crippen LogP contribution in [0.4, 0.5) is 0 Å². The van der Waals surface area contributed by atoms with Gasteiger partial charge in [0.2, 0.25) is 5.91 Å². The molecule has 14 heavy (non-hydrogen) atoms. The van der Waals surface area contributed by atoms with E-state index in [-0.39, 0.29) is 29.6 Å². The molecule has 1 N–H and O–H groups in total. The fraction of sp³-hybridized carbons (Fsp3) is 0.818. The third kappa shape index (κ3) is 3.90. The summed E-state index contributed by atoms with van der Waals surface area (Å²) in [4.78, 5) is 22.7. The van der Waals surface area contributed by atoms with Gasteiger partial charge in [0, 0.05) is 5.92 Å². The van der Waals surface area contributed by atoms with E-state index in [4.69, 9.17) is 0 Å². The largest absolute Gasteiger partial charge is 0.346 e. The summed E-state index contributed by atoms with van der Waals surface area (Å²) in [6, 6.07) is -0.324. The number of carbonyl (C=O) groups is 2. The van der Waals surface area contributed by atoms with Crippen molar-refractivity contribution in [1.82, 2.24) is 5.32 Å². The first-order valence-corrected chi connectivity index (χ1v) is 5.21. The summed E-state index contributed by atoms with van der Waals surface area (Å²) in [6.07, 6.45) is 0.891. The van der Waals surface area contributed by atoms with Crippen LogP contribution in [-0.4, -0.2) is 17.7 Å². The summed E-state index contributed by atoms with van der Waals surface area (Å²) in [7, 11) is 0. The fourth-order valence-corrected chi connectivity index (χ4v) is 1.20. The minimum Gasteiger partial charge on any atom is -0.346 e. The van der Waals surface area contributed by atoms with Crippen molar-refractivity contribution in [2.75, 3.05) is 0 Å². The highest BCUT2D eigenvalue weighted by molar-refractivity contribution is 5.88. The van der Waals surface area contributed by atoms with Gasteiger partial charge in [-0.1, -0.05) is 34.1 Å². The van der Waals surface area contributed by atoms with Crippen LogP contribution < -0.4 is 5.32 Å². The Morgan fingerprint density at radius 3 is 2.00 bits per heavy atom. The molecule has 0 aliphatic carbocycles. The van der Waals surface area contributed by atoms with Gasteiger partial charge in [0.25, 0.3) is 0 Å². The Morgan fingerprint density at radius 1 is 1.21 bits per heavy atom. The molecule has 0 bridgehead atoms. The predicted molar refractivity (Wildman–Crippen MR) is 56.9 cm³/mol. The van der Waals surface area contributed by atoms with E-state index in [0.717, 1.165) is 6.42 Å². The van der Waals surface area contributed by atoms with Gasteiger partial charge in [0.05, 0.1) is 6.04 Å². The zero-order chi connectivity index (χ0) is 11.3. The van der Waals surface area contributed by atoms with Gasteiger partial charge in [0.1, 0.15) is 0 Å². The van der Waals surface area contributed by atoms with Crippen LogP contribution in [0.25, 0.3) is 0 Å². The van der Waals surface area contributed by atoms with Crippen LogP contribution in [0.1, 0.15) is 41.0 Å². The molecule has 0 heterocycles. The summed E-state index contributed by atoms with van der Waals surface area (Å²) in [6.45, 7) is 9.17. The summed E-state index contributed by atoms with van der Waals surface area (Å²) in [5.74, 6) is 0.120. The number of carbonyl (C=O) groups excluding carboxylic acids is 2. The van der Waals surface area contributed by atoms with E-state index in [9.17, 15) is 9.59 Å². The van der Waals surface area contributed by atoms with Crippen LogP contribution in [0, 0.1) is 11.8 Å². The number of rotatable bonds is 5. The average molecular weight is 199 g/mol. The second kappa shape index (κ2) is 5.78. The molecule has 0 aromatic heterocycles. The van der Waals surface area contributed by atoms with Crippen LogP contribution in [0.2, 0.25) is 0 Å². The standard InChI is InChI=1S/C11H21NO2/c1-6-8(4)10(9(5)13)12-11(14)7(2)3/h7-8,10H,6H2,1-5H3,(H,12,14). The van der Waals surface area contributed by atoms with Gasteiger partial charge in [0.15, 0.2) is 5.78 Å². The van der Waals surface area contributed by atoms with Crippen molar-refractivity contribution in [3.8, 4) is 0 Å². The monoisotopic (exact) mass is 199 g/mol. The Balaban J connectivity index is 4.38. The lowest BCUT2D eigenvalue weighted by molar-refractivity contribution is -0.129. The SMILES string of the molecule is CCC(C)C(NC(=O)C(C)C)C(C)=O. The van der Waals surface area contributed by atoms with Crippen LogP contribution in [0.5, 0.6) is 0 Å². The number of hydrogen-bond donors (Lipinski definition) is 1. The molecule has 82 valence electrons.